The van der Waals surface area contributed by atoms with Gasteiger partial charge in [-0.05, 0) is 41.1 Å². The number of aromatic nitrogens is 1. The number of benzene rings is 4. The molecule has 1 amide bonds. The summed E-state index contributed by atoms with van der Waals surface area (Å²) in [5.74, 6) is -0.363. The average molecular weight is 487 g/mol. The summed E-state index contributed by atoms with van der Waals surface area (Å²) < 4.78 is 26.4. The number of hydrogen-bond donors (Lipinski definition) is 2. The van der Waals surface area contributed by atoms with E-state index < -0.39 is 10.0 Å². The Bertz CT molecular complexity index is 1630. The molecule has 0 radical (unpaired) electrons. The quantitative estimate of drug-likeness (QED) is 0.260. The van der Waals surface area contributed by atoms with E-state index in [1.807, 2.05) is 48.5 Å². The lowest BCUT2D eigenvalue weighted by atomic mass is 10.1. The number of anilines is 1. The first-order chi connectivity index (χ1) is 16.5. The zero-order chi connectivity index (χ0) is 23.5. The molecule has 0 unspecified atom stereocenters. The number of sulfonamides is 1. The SMILES string of the molecule is O=C(Nc1nc2ccccc2s1)c1ccccc1C=NNS(=O)(=O)c1ccc2ccccc2c1. The van der Waals surface area contributed by atoms with Crippen LogP contribution < -0.4 is 10.1 Å². The lowest BCUT2D eigenvalue weighted by Crippen LogP contribution is -2.19. The molecule has 168 valence electrons. The molecule has 0 bridgehead atoms. The van der Waals surface area contributed by atoms with E-state index in [0.717, 1.165) is 21.0 Å². The highest BCUT2D eigenvalue weighted by molar-refractivity contribution is 7.89. The van der Waals surface area contributed by atoms with E-state index in [0.29, 0.717) is 16.3 Å². The fourth-order valence-electron chi connectivity index (χ4n) is 3.46. The molecule has 0 aliphatic rings. The molecule has 0 fully saturated rings. The van der Waals surface area contributed by atoms with Gasteiger partial charge in [-0.25, -0.2) is 9.82 Å². The average Bonchev–Trinajstić information content (AvgIpc) is 3.26. The predicted molar refractivity (Wildman–Crippen MR) is 136 cm³/mol. The maximum absolute atomic E-state index is 12.9. The molecule has 0 saturated heterocycles. The number of hydrogen-bond acceptors (Lipinski definition) is 6. The van der Waals surface area contributed by atoms with Crippen LogP contribution in [0.5, 0.6) is 0 Å². The van der Waals surface area contributed by atoms with Crippen molar-refractivity contribution in [3.63, 3.8) is 0 Å². The van der Waals surface area contributed by atoms with Crippen molar-refractivity contribution in [1.82, 2.24) is 9.82 Å². The molecular formula is C25H18N4O3S2. The van der Waals surface area contributed by atoms with Gasteiger partial charge in [0, 0.05) is 11.1 Å². The zero-order valence-corrected chi connectivity index (χ0v) is 19.3. The Morgan fingerprint density at radius 3 is 2.47 bits per heavy atom. The molecular weight excluding hydrogens is 468 g/mol. The van der Waals surface area contributed by atoms with Gasteiger partial charge in [-0.3, -0.25) is 10.1 Å². The van der Waals surface area contributed by atoms with Crippen LogP contribution in [0.1, 0.15) is 15.9 Å². The Balaban J connectivity index is 1.34. The van der Waals surface area contributed by atoms with Crippen LogP contribution in [0.25, 0.3) is 21.0 Å². The first kappa shape index (κ1) is 21.7. The van der Waals surface area contributed by atoms with Gasteiger partial charge in [0.15, 0.2) is 5.13 Å². The van der Waals surface area contributed by atoms with Gasteiger partial charge < -0.3 is 0 Å². The number of para-hydroxylation sites is 1. The molecule has 34 heavy (non-hydrogen) atoms. The standard InChI is InChI=1S/C25H18N4O3S2/c30-24(28-25-27-22-11-5-6-12-23(22)33-25)21-10-4-3-9-19(21)16-26-29-34(31,32)20-14-13-17-7-1-2-8-18(17)15-20/h1-16,29H,(H,27,28,30). The summed E-state index contributed by atoms with van der Waals surface area (Å²) in [6.07, 6.45) is 1.31. The van der Waals surface area contributed by atoms with Crippen molar-refractivity contribution in [2.45, 2.75) is 4.90 Å². The Morgan fingerprint density at radius 1 is 0.882 bits per heavy atom. The molecule has 0 aliphatic heterocycles. The maximum Gasteiger partial charge on any atom is 0.276 e. The summed E-state index contributed by atoms with van der Waals surface area (Å²) >= 11 is 1.38. The molecule has 7 nitrogen and oxygen atoms in total. The van der Waals surface area contributed by atoms with E-state index >= 15 is 0 Å². The van der Waals surface area contributed by atoms with E-state index in [1.165, 1.54) is 23.6 Å². The minimum absolute atomic E-state index is 0.102. The molecule has 0 saturated carbocycles. The third kappa shape index (κ3) is 4.52. The molecule has 5 rings (SSSR count). The number of carbonyl (C=O) groups excluding carboxylic acids is 1. The highest BCUT2D eigenvalue weighted by Crippen LogP contribution is 2.26. The van der Waals surface area contributed by atoms with Crippen LogP contribution in [0.4, 0.5) is 5.13 Å². The Kier molecular flexibility index (Phi) is 5.79. The maximum atomic E-state index is 12.9. The van der Waals surface area contributed by atoms with Crippen molar-refractivity contribution >= 4 is 59.6 Å². The van der Waals surface area contributed by atoms with E-state index in [-0.39, 0.29) is 10.8 Å². The fraction of sp³-hybridized carbons (Fsp3) is 0. The van der Waals surface area contributed by atoms with Crippen molar-refractivity contribution in [3.8, 4) is 0 Å². The summed E-state index contributed by atoms with van der Waals surface area (Å²) in [4.78, 5) is 19.6. The smallest absolute Gasteiger partial charge is 0.276 e. The lowest BCUT2D eigenvalue weighted by Gasteiger charge is -2.07. The molecule has 5 aromatic rings. The van der Waals surface area contributed by atoms with Crippen molar-refractivity contribution in [1.29, 1.82) is 0 Å². The molecule has 1 heterocycles. The summed E-state index contributed by atoms with van der Waals surface area (Å²) in [7, 11) is -3.88. The summed E-state index contributed by atoms with van der Waals surface area (Å²) in [5.41, 5.74) is 1.61. The van der Waals surface area contributed by atoms with Crippen molar-refractivity contribution in [2.24, 2.45) is 5.10 Å². The molecule has 1 aromatic heterocycles. The van der Waals surface area contributed by atoms with Crippen molar-refractivity contribution in [3.05, 3.63) is 102 Å². The van der Waals surface area contributed by atoms with Gasteiger partial charge in [-0.15, -0.1) is 0 Å². The van der Waals surface area contributed by atoms with Gasteiger partial charge in [0.2, 0.25) is 0 Å². The van der Waals surface area contributed by atoms with Crippen LogP contribution >= 0.6 is 11.3 Å². The van der Waals surface area contributed by atoms with Gasteiger partial charge in [-0.2, -0.15) is 13.5 Å². The fourth-order valence-corrected chi connectivity index (χ4v) is 5.15. The second-order valence-electron chi connectivity index (χ2n) is 7.39. The van der Waals surface area contributed by atoms with Crippen LogP contribution in [-0.4, -0.2) is 25.5 Å². The van der Waals surface area contributed by atoms with E-state index in [1.54, 1.807) is 36.4 Å². The number of rotatable bonds is 6. The molecule has 2 N–H and O–H groups in total. The number of thiazole rings is 1. The molecule has 9 heteroatoms. The Labute approximate surface area is 199 Å². The number of nitrogens with one attached hydrogen (secondary N) is 2. The third-order valence-corrected chi connectivity index (χ3v) is 7.30. The minimum atomic E-state index is -3.88. The molecule has 0 spiro atoms. The number of fused-ring (bicyclic) bond motifs is 2. The third-order valence-electron chi connectivity index (χ3n) is 5.13. The Morgan fingerprint density at radius 2 is 1.62 bits per heavy atom. The molecule has 4 aromatic carbocycles. The highest BCUT2D eigenvalue weighted by Gasteiger charge is 2.15. The van der Waals surface area contributed by atoms with Gasteiger partial charge in [0.1, 0.15) is 0 Å². The monoisotopic (exact) mass is 486 g/mol. The number of hydrazone groups is 1. The number of carbonyl (C=O) groups is 1. The summed E-state index contributed by atoms with van der Waals surface area (Å²) in [6, 6.07) is 26.8. The predicted octanol–water partition coefficient (Wildman–Crippen LogP) is 5.01. The van der Waals surface area contributed by atoms with Crippen LogP contribution in [-0.2, 0) is 10.0 Å². The van der Waals surface area contributed by atoms with Gasteiger partial charge in [0.05, 0.1) is 21.3 Å². The zero-order valence-electron chi connectivity index (χ0n) is 17.7. The topological polar surface area (TPSA) is 101 Å². The van der Waals surface area contributed by atoms with Crippen LogP contribution in [0.15, 0.2) is 101 Å². The lowest BCUT2D eigenvalue weighted by molar-refractivity contribution is 0.102. The second-order valence-corrected chi connectivity index (χ2v) is 10.1. The van der Waals surface area contributed by atoms with Crippen LogP contribution in [0, 0.1) is 0 Å². The van der Waals surface area contributed by atoms with Gasteiger partial charge >= 0.3 is 0 Å². The summed E-state index contributed by atoms with van der Waals surface area (Å²) in [5, 5.41) is 8.94. The first-order valence-electron chi connectivity index (χ1n) is 10.3. The molecule has 0 aliphatic carbocycles. The highest BCUT2D eigenvalue weighted by atomic mass is 32.2. The first-order valence-corrected chi connectivity index (χ1v) is 12.6. The van der Waals surface area contributed by atoms with E-state index in [4.69, 9.17) is 0 Å². The second kappa shape index (κ2) is 9.05. The van der Waals surface area contributed by atoms with Crippen molar-refractivity contribution < 1.29 is 13.2 Å². The van der Waals surface area contributed by atoms with Crippen molar-refractivity contribution in [2.75, 3.05) is 5.32 Å². The number of nitrogens with zero attached hydrogens (tertiary/aromatic N) is 2. The van der Waals surface area contributed by atoms with Crippen LogP contribution in [0.2, 0.25) is 0 Å². The normalized spacial score (nSPS) is 11.8. The number of amides is 1. The van der Waals surface area contributed by atoms with Gasteiger partial charge in [-0.1, -0.05) is 72.0 Å². The van der Waals surface area contributed by atoms with E-state index in [2.05, 4.69) is 20.2 Å². The molecule has 0 atom stereocenters. The van der Waals surface area contributed by atoms with Crippen LogP contribution in [0.3, 0.4) is 0 Å². The summed E-state index contributed by atoms with van der Waals surface area (Å²) in [6.45, 7) is 0. The van der Waals surface area contributed by atoms with E-state index in [9.17, 15) is 13.2 Å². The Hall–Kier alpha value is -4.08. The van der Waals surface area contributed by atoms with Gasteiger partial charge in [0.25, 0.3) is 15.9 Å². The largest absolute Gasteiger partial charge is 0.298 e. The minimum Gasteiger partial charge on any atom is -0.298 e.